The fourth-order valence-corrected chi connectivity index (χ4v) is 2.06. The Balaban J connectivity index is 2.37. The summed E-state index contributed by atoms with van der Waals surface area (Å²) < 4.78 is 13.6. The fourth-order valence-electron chi connectivity index (χ4n) is 2.06. The van der Waals surface area contributed by atoms with Crippen molar-refractivity contribution in [2.24, 2.45) is 0 Å². The third-order valence-electron chi connectivity index (χ3n) is 3.14. The van der Waals surface area contributed by atoms with E-state index in [0.29, 0.717) is 5.56 Å². The highest BCUT2D eigenvalue weighted by molar-refractivity contribution is 5.66. The van der Waals surface area contributed by atoms with Crippen molar-refractivity contribution >= 4 is 17.1 Å². The van der Waals surface area contributed by atoms with Gasteiger partial charge in [0, 0.05) is 25.2 Å². The molecule has 0 saturated heterocycles. The van der Waals surface area contributed by atoms with Gasteiger partial charge in [0.2, 0.25) is 0 Å². The molecular weight excluding hydrogens is 293 g/mol. The SMILES string of the molecule is CN(Cc1ccccc1F)c1ccc([N+](=O)[O-])cc1[N+](=O)[O-]. The molecule has 0 radical (unpaired) electrons. The smallest absolute Gasteiger partial charge is 0.299 e. The molecule has 0 spiro atoms. The molecule has 114 valence electrons. The molecule has 0 aliphatic heterocycles. The average Bonchev–Trinajstić information content (AvgIpc) is 2.48. The first-order chi connectivity index (χ1) is 10.4. The minimum atomic E-state index is -0.701. The summed E-state index contributed by atoms with van der Waals surface area (Å²) in [7, 11) is 1.56. The molecule has 22 heavy (non-hydrogen) atoms. The van der Waals surface area contributed by atoms with Crippen LogP contribution in [0.25, 0.3) is 0 Å². The lowest BCUT2D eigenvalue weighted by Gasteiger charge is -2.19. The van der Waals surface area contributed by atoms with Crippen LogP contribution in [-0.4, -0.2) is 16.9 Å². The monoisotopic (exact) mass is 305 g/mol. The summed E-state index contributed by atoms with van der Waals surface area (Å²) in [5.74, 6) is -0.418. The Morgan fingerprint density at radius 3 is 2.36 bits per heavy atom. The first kappa shape index (κ1) is 15.4. The Kier molecular flexibility index (Phi) is 4.31. The number of halogens is 1. The van der Waals surface area contributed by atoms with Crippen LogP contribution < -0.4 is 4.90 Å². The van der Waals surface area contributed by atoms with Gasteiger partial charge in [-0.25, -0.2) is 4.39 Å². The standard InChI is InChI=1S/C14H12FN3O4/c1-16(9-10-4-2-3-5-12(10)15)13-7-6-11(17(19)20)8-14(13)18(21)22/h2-8H,9H2,1H3. The number of nitro benzene ring substituents is 2. The lowest BCUT2D eigenvalue weighted by molar-refractivity contribution is -0.393. The van der Waals surface area contributed by atoms with E-state index >= 15 is 0 Å². The Morgan fingerprint density at radius 2 is 1.77 bits per heavy atom. The van der Waals surface area contributed by atoms with Crippen LogP contribution in [0.1, 0.15) is 5.56 Å². The summed E-state index contributed by atoms with van der Waals surface area (Å²) in [6.45, 7) is 0.103. The zero-order valence-electron chi connectivity index (χ0n) is 11.6. The summed E-state index contributed by atoms with van der Waals surface area (Å²) in [5, 5.41) is 21.8. The van der Waals surface area contributed by atoms with E-state index in [-0.39, 0.29) is 17.9 Å². The largest absolute Gasteiger partial charge is 0.365 e. The number of anilines is 1. The van der Waals surface area contributed by atoms with E-state index in [1.165, 1.54) is 23.1 Å². The molecule has 0 aliphatic rings. The maximum absolute atomic E-state index is 13.6. The predicted octanol–water partition coefficient (Wildman–Crippen LogP) is 3.28. The van der Waals surface area contributed by atoms with E-state index in [2.05, 4.69) is 0 Å². The second-order valence-corrected chi connectivity index (χ2v) is 4.63. The van der Waals surface area contributed by atoms with Crippen molar-refractivity contribution in [3.63, 3.8) is 0 Å². The third-order valence-corrected chi connectivity index (χ3v) is 3.14. The minimum absolute atomic E-state index is 0.103. The normalized spacial score (nSPS) is 10.3. The van der Waals surface area contributed by atoms with E-state index in [9.17, 15) is 24.6 Å². The summed E-state index contributed by atoms with van der Waals surface area (Å²) in [4.78, 5) is 21.9. The second-order valence-electron chi connectivity index (χ2n) is 4.63. The van der Waals surface area contributed by atoms with Crippen molar-refractivity contribution in [3.05, 3.63) is 74.1 Å². The zero-order chi connectivity index (χ0) is 16.3. The number of non-ortho nitro benzene ring substituents is 1. The van der Waals surface area contributed by atoms with E-state index in [1.807, 2.05) is 0 Å². The van der Waals surface area contributed by atoms with Crippen molar-refractivity contribution in [1.29, 1.82) is 0 Å². The van der Waals surface area contributed by atoms with Gasteiger partial charge in [0.1, 0.15) is 11.5 Å². The highest BCUT2D eigenvalue weighted by Gasteiger charge is 2.22. The van der Waals surface area contributed by atoms with Gasteiger partial charge in [-0.15, -0.1) is 0 Å². The topological polar surface area (TPSA) is 89.5 Å². The number of nitro groups is 2. The van der Waals surface area contributed by atoms with Crippen molar-refractivity contribution in [2.75, 3.05) is 11.9 Å². The first-order valence-corrected chi connectivity index (χ1v) is 6.27. The third kappa shape index (κ3) is 3.17. The zero-order valence-corrected chi connectivity index (χ0v) is 11.6. The van der Waals surface area contributed by atoms with Gasteiger partial charge in [0.05, 0.1) is 15.9 Å². The molecule has 0 bridgehead atoms. The van der Waals surface area contributed by atoms with Gasteiger partial charge in [-0.1, -0.05) is 18.2 Å². The van der Waals surface area contributed by atoms with Crippen LogP contribution in [0.15, 0.2) is 42.5 Å². The predicted molar refractivity (Wildman–Crippen MR) is 78.3 cm³/mol. The van der Waals surface area contributed by atoms with Gasteiger partial charge < -0.3 is 4.90 Å². The van der Waals surface area contributed by atoms with Crippen LogP contribution in [0.3, 0.4) is 0 Å². The van der Waals surface area contributed by atoms with Gasteiger partial charge in [-0.2, -0.15) is 0 Å². The van der Waals surface area contributed by atoms with E-state index in [0.717, 1.165) is 6.07 Å². The minimum Gasteiger partial charge on any atom is -0.365 e. The van der Waals surface area contributed by atoms with Crippen molar-refractivity contribution in [1.82, 2.24) is 0 Å². The Bertz CT molecular complexity index is 736. The number of hydrogen-bond acceptors (Lipinski definition) is 5. The molecule has 7 nitrogen and oxygen atoms in total. The van der Waals surface area contributed by atoms with Crippen molar-refractivity contribution < 1.29 is 14.2 Å². The highest BCUT2D eigenvalue weighted by atomic mass is 19.1. The molecule has 0 heterocycles. The molecule has 2 aromatic carbocycles. The van der Waals surface area contributed by atoms with Crippen LogP contribution in [0.2, 0.25) is 0 Å². The molecular formula is C14H12FN3O4. The maximum atomic E-state index is 13.6. The molecule has 0 saturated carbocycles. The van der Waals surface area contributed by atoms with Crippen molar-refractivity contribution in [3.8, 4) is 0 Å². The maximum Gasteiger partial charge on any atom is 0.299 e. The summed E-state index contributed by atoms with van der Waals surface area (Å²) >= 11 is 0. The molecule has 0 N–H and O–H groups in total. The lowest BCUT2D eigenvalue weighted by Crippen LogP contribution is -2.18. The van der Waals surface area contributed by atoms with Crippen LogP contribution in [0.5, 0.6) is 0 Å². The first-order valence-electron chi connectivity index (χ1n) is 6.27. The number of rotatable bonds is 5. The molecule has 8 heteroatoms. The summed E-state index contributed by atoms with van der Waals surface area (Å²) in [6.07, 6.45) is 0. The highest BCUT2D eigenvalue weighted by Crippen LogP contribution is 2.32. The van der Waals surface area contributed by atoms with Crippen LogP contribution in [0.4, 0.5) is 21.5 Å². The number of nitrogens with zero attached hydrogens (tertiary/aromatic N) is 3. The second kappa shape index (κ2) is 6.17. The quantitative estimate of drug-likeness (QED) is 0.624. The van der Waals surface area contributed by atoms with Crippen LogP contribution in [0, 0.1) is 26.0 Å². The Morgan fingerprint density at radius 1 is 1.09 bits per heavy atom. The van der Waals surface area contributed by atoms with E-state index in [4.69, 9.17) is 0 Å². The number of benzene rings is 2. The summed E-state index contributed by atoms with van der Waals surface area (Å²) in [6, 6.07) is 9.45. The molecule has 0 atom stereocenters. The molecule has 2 aromatic rings. The molecule has 0 unspecified atom stereocenters. The van der Waals surface area contributed by atoms with E-state index in [1.54, 1.807) is 25.2 Å². The van der Waals surface area contributed by atoms with Gasteiger partial charge in [0.15, 0.2) is 0 Å². The summed E-state index contributed by atoms with van der Waals surface area (Å²) in [5.41, 5.74) is -0.209. The fraction of sp³-hybridized carbons (Fsp3) is 0.143. The molecule has 2 rings (SSSR count). The van der Waals surface area contributed by atoms with Gasteiger partial charge in [0.25, 0.3) is 11.4 Å². The molecule has 0 fully saturated rings. The molecule has 0 amide bonds. The molecule has 0 aliphatic carbocycles. The Hall–Kier alpha value is -3.03. The Labute approximate surface area is 124 Å². The average molecular weight is 305 g/mol. The lowest BCUT2D eigenvalue weighted by atomic mass is 10.1. The van der Waals surface area contributed by atoms with Crippen LogP contribution >= 0.6 is 0 Å². The molecule has 0 aromatic heterocycles. The number of hydrogen-bond donors (Lipinski definition) is 0. The van der Waals surface area contributed by atoms with Crippen LogP contribution in [-0.2, 0) is 6.54 Å². The van der Waals surface area contributed by atoms with Crippen molar-refractivity contribution in [2.45, 2.75) is 6.54 Å². The van der Waals surface area contributed by atoms with E-state index < -0.39 is 21.4 Å². The van der Waals surface area contributed by atoms with Gasteiger partial charge in [-0.05, 0) is 12.1 Å². The van der Waals surface area contributed by atoms with Gasteiger partial charge >= 0.3 is 0 Å². The van der Waals surface area contributed by atoms with Gasteiger partial charge in [-0.3, -0.25) is 20.2 Å².